The number of fused-ring (bicyclic) bond motifs is 1. The van der Waals surface area contributed by atoms with E-state index >= 15 is 0 Å². The van der Waals surface area contributed by atoms with Crippen molar-refractivity contribution in [1.82, 2.24) is 4.90 Å². The summed E-state index contributed by atoms with van der Waals surface area (Å²) in [5.41, 5.74) is 0.729. The molecule has 0 unspecified atom stereocenters. The Balaban J connectivity index is 2.13. The van der Waals surface area contributed by atoms with E-state index in [1.54, 1.807) is 30.1 Å². The van der Waals surface area contributed by atoms with Crippen LogP contribution in [-0.2, 0) is 9.59 Å². The van der Waals surface area contributed by atoms with Crippen molar-refractivity contribution in [1.29, 1.82) is 0 Å². The van der Waals surface area contributed by atoms with Crippen molar-refractivity contribution in [3.63, 3.8) is 0 Å². The number of aliphatic hydroxyl groups is 1. The van der Waals surface area contributed by atoms with Crippen LogP contribution in [0.15, 0.2) is 24.3 Å². The Kier molecular flexibility index (Phi) is 4.01. The van der Waals surface area contributed by atoms with Crippen molar-refractivity contribution in [2.75, 3.05) is 38.2 Å². The summed E-state index contributed by atoms with van der Waals surface area (Å²) in [6.45, 7) is 0.331. The van der Waals surface area contributed by atoms with E-state index in [0.29, 0.717) is 5.75 Å². The maximum atomic E-state index is 11.9. The lowest BCUT2D eigenvalue weighted by Gasteiger charge is -2.30. The van der Waals surface area contributed by atoms with Crippen LogP contribution in [0.2, 0.25) is 0 Å². The molecule has 19 heavy (non-hydrogen) atoms. The van der Waals surface area contributed by atoms with Gasteiger partial charge in [-0.05, 0) is 12.1 Å². The maximum absolute atomic E-state index is 11.9. The molecule has 0 atom stereocenters. The number of rotatable bonds is 4. The Morgan fingerprint density at radius 1 is 1.47 bits per heavy atom. The number of aliphatic hydroxyl groups excluding tert-OH is 1. The fourth-order valence-electron chi connectivity index (χ4n) is 1.90. The first-order valence-corrected chi connectivity index (χ1v) is 6.01. The van der Waals surface area contributed by atoms with Crippen molar-refractivity contribution >= 4 is 17.6 Å². The van der Waals surface area contributed by atoms with Gasteiger partial charge in [-0.15, -0.1) is 0 Å². The number of hydrogen-bond acceptors (Lipinski definition) is 5. The van der Waals surface area contributed by atoms with Gasteiger partial charge in [0.1, 0.15) is 6.54 Å². The van der Waals surface area contributed by atoms with Crippen molar-refractivity contribution in [2.45, 2.75) is 0 Å². The van der Waals surface area contributed by atoms with E-state index in [9.17, 15) is 9.59 Å². The van der Waals surface area contributed by atoms with Gasteiger partial charge in [-0.25, -0.2) is 4.79 Å². The number of hydrogen-bond donors (Lipinski definition) is 1. The number of para-hydroxylation sites is 2. The Morgan fingerprint density at radius 2 is 2.21 bits per heavy atom. The summed E-state index contributed by atoms with van der Waals surface area (Å²) in [4.78, 5) is 26.5. The molecule has 0 fully saturated rings. The van der Waals surface area contributed by atoms with Crippen LogP contribution in [0.4, 0.5) is 5.69 Å². The molecular formula is C13H16N2O4. The Bertz CT molecular complexity index is 489. The normalized spacial score (nSPS) is 13.8. The fraction of sp³-hybridized carbons (Fsp3) is 0.385. The van der Waals surface area contributed by atoms with E-state index in [4.69, 9.17) is 9.84 Å². The molecule has 2 rings (SSSR count). The molecule has 0 saturated heterocycles. The average Bonchev–Trinajstić information content (AvgIpc) is 2.38. The van der Waals surface area contributed by atoms with Crippen molar-refractivity contribution in [3.05, 3.63) is 24.3 Å². The second-order valence-electron chi connectivity index (χ2n) is 4.34. The smallest absolute Gasteiger partial charge is 0.331 e. The topological polar surface area (TPSA) is 70.1 Å². The molecule has 102 valence electrons. The first-order chi connectivity index (χ1) is 9.11. The maximum Gasteiger partial charge on any atom is 0.331 e. The van der Waals surface area contributed by atoms with Crippen LogP contribution in [0, 0.1) is 0 Å². The van der Waals surface area contributed by atoms with Gasteiger partial charge in [0.15, 0.2) is 5.75 Å². The van der Waals surface area contributed by atoms with Gasteiger partial charge in [-0.1, -0.05) is 12.1 Å². The quantitative estimate of drug-likeness (QED) is 0.605. The lowest BCUT2D eigenvalue weighted by Crippen LogP contribution is -2.44. The van der Waals surface area contributed by atoms with Crippen LogP contribution in [0.1, 0.15) is 0 Å². The molecule has 6 nitrogen and oxygen atoms in total. The highest BCUT2D eigenvalue weighted by Crippen LogP contribution is 2.31. The van der Waals surface area contributed by atoms with Crippen LogP contribution in [0.5, 0.6) is 5.75 Å². The number of esters is 1. The molecule has 1 aliphatic heterocycles. The molecule has 0 aliphatic carbocycles. The zero-order chi connectivity index (χ0) is 13.8. The lowest BCUT2D eigenvalue weighted by atomic mass is 10.2. The van der Waals surface area contributed by atoms with Crippen LogP contribution in [0.3, 0.4) is 0 Å². The van der Waals surface area contributed by atoms with Crippen LogP contribution in [-0.4, -0.2) is 55.2 Å². The summed E-state index contributed by atoms with van der Waals surface area (Å²) in [6, 6.07) is 7.10. The largest absolute Gasteiger partial charge is 0.423 e. The van der Waals surface area contributed by atoms with E-state index in [0.717, 1.165) is 5.69 Å². The monoisotopic (exact) mass is 264 g/mol. The molecule has 0 radical (unpaired) electrons. The standard InChI is InChI=1S/C13H16N2O4/c1-14(6-7-16)12(17)8-15-9-13(18)19-11-5-3-2-4-10(11)15/h2-5,16H,6-9H2,1H3. The second-order valence-corrected chi connectivity index (χ2v) is 4.34. The lowest BCUT2D eigenvalue weighted by molar-refractivity contribution is -0.133. The molecule has 1 N–H and O–H groups in total. The summed E-state index contributed by atoms with van der Waals surface area (Å²) in [7, 11) is 1.62. The fourth-order valence-corrected chi connectivity index (χ4v) is 1.90. The molecule has 1 aromatic rings. The molecule has 6 heteroatoms. The zero-order valence-electron chi connectivity index (χ0n) is 10.7. The van der Waals surface area contributed by atoms with Gasteiger partial charge in [0.2, 0.25) is 5.91 Å². The van der Waals surface area contributed by atoms with E-state index < -0.39 is 0 Å². The molecular weight excluding hydrogens is 248 g/mol. The number of nitrogens with zero attached hydrogens (tertiary/aromatic N) is 2. The van der Waals surface area contributed by atoms with Gasteiger partial charge >= 0.3 is 5.97 Å². The molecule has 0 saturated carbocycles. The summed E-state index contributed by atoms with van der Waals surface area (Å²) in [5.74, 6) is -0.0637. The van der Waals surface area contributed by atoms with E-state index in [1.165, 1.54) is 4.90 Å². The molecule has 1 amide bonds. The van der Waals surface area contributed by atoms with Gasteiger partial charge in [0.05, 0.1) is 18.8 Å². The third kappa shape index (κ3) is 3.03. The van der Waals surface area contributed by atoms with Gasteiger partial charge in [-0.2, -0.15) is 0 Å². The summed E-state index contributed by atoms with van der Waals surface area (Å²) in [5, 5.41) is 8.81. The third-order valence-electron chi connectivity index (χ3n) is 2.94. The number of carbonyl (C=O) groups excluding carboxylic acids is 2. The summed E-state index contributed by atoms with van der Waals surface area (Å²) >= 11 is 0. The minimum absolute atomic E-state index is 0.0513. The number of likely N-dealkylation sites (N-methyl/N-ethyl adjacent to an activating group) is 1. The number of carbonyl (C=O) groups is 2. The minimum Gasteiger partial charge on any atom is -0.423 e. The van der Waals surface area contributed by atoms with Gasteiger partial charge in [0.25, 0.3) is 0 Å². The Morgan fingerprint density at radius 3 is 2.95 bits per heavy atom. The van der Waals surface area contributed by atoms with Gasteiger partial charge in [0, 0.05) is 13.6 Å². The summed E-state index contributed by atoms with van der Waals surface area (Å²) in [6.07, 6.45) is 0. The number of anilines is 1. The van der Waals surface area contributed by atoms with E-state index in [-0.39, 0.29) is 38.1 Å². The zero-order valence-corrected chi connectivity index (χ0v) is 10.7. The van der Waals surface area contributed by atoms with E-state index in [1.807, 2.05) is 6.07 Å². The van der Waals surface area contributed by atoms with Crippen molar-refractivity contribution in [3.8, 4) is 5.75 Å². The average molecular weight is 264 g/mol. The molecule has 0 spiro atoms. The number of amides is 1. The van der Waals surface area contributed by atoms with Crippen molar-refractivity contribution in [2.24, 2.45) is 0 Å². The SMILES string of the molecule is CN(CCO)C(=O)CN1CC(=O)Oc2ccccc21. The second kappa shape index (κ2) is 5.71. The highest BCUT2D eigenvalue weighted by molar-refractivity contribution is 5.89. The molecule has 1 heterocycles. The molecule has 1 aliphatic rings. The van der Waals surface area contributed by atoms with Gasteiger partial charge < -0.3 is 19.6 Å². The number of benzene rings is 1. The molecule has 1 aromatic carbocycles. The van der Waals surface area contributed by atoms with Gasteiger partial charge in [-0.3, -0.25) is 4.79 Å². The van der Waals surface area contributed by atoms with E-state index in [2.05, 4.69) is 0 Å². The molecule has 0 bridgehead atoms. The molecule has 0 aromatic heterocycles. The minimum atomic E-state index is -0.378. The predicted molar refractivity (Wildman–Crippen MR) is 69.0 cm³/mol. The highest BCUT2D eigenvalue weighted by Gasteiger charge is 2.25. The highest BCUT2D eigenvalue weighted by atomic mass is 16.5. The summed E-state index contributed by atoms with van der Waals surface area (Å²) < 4.78 is 5.11. The first kappa shape index (κ1) is 13.4. The predicted octanol–water partition coefficient (Wildman–Crippen LogP) is -0.137. The Labute approximate surface area is 111 Å². The van der Waals surface area contributed by atoms with Crippen LogP contribution in [0.25, 0.3) is 0 Å². The number of ether oxygens (including phenoxy) is 1. The van der Waals surface area contributed by atoms with Crippen LogP contribution < -0.4 is 9.64 Å². The van der Waals surface area contributed by atoms with Crippen molar-refractivity contribution < 1.29 is 19.4 Å². The first-order valence-electron chi connectivity index (χ1n) is 6.01. The Hall–Kier alpha value is -2.08. The van der Waals surface area contributed by atoms with Crippen LogP contribution >= 0.6 is 0 Å². The third-order valence-corrected chi connectivity index (χ3v) is 2.94.